The van der Waals surface area contributed by atoms with Gasteiger partial charge in [0.15, 0.2) is 0 Å². The fourth-order valence-corrected chi connectivity index (χ4v) is 2.98. The lowest BCUT2D eigenvalue weighted by Gasteiger charge is -2.20. The number of rotatable bonds is 6. The summed E-state index contributed by atoms with van der Waals surface area (Å²) in [6.07, 6.45) is 0. The quantitative estimate of drug-likeness (QED) is 0.668. The zero-order valence-corrected chi connectivity index (χ0v) is 15.9. The van der Waals surface area contributed by atoms with Crippen LogP contribution >= 0.6 is 0 Å². The lowest BCUT2D eigenvalue weighted by molar-refractivity contribution is 0.233. The normalized spacial score (nSPS) is 13.0. The van der Waals surface area contributed by atoms with E-state index in [2.05, 4.69) is 10.6 Å². The van der Waals surface area contributed by atoms with Gasteiger partial charge in [-0.05, 0) is 44.2 Å². The van der Waals surface area contributed by atoms with Gasteiger partial charge >= 0.3 is 6.03 Å². The van der Waals surface area contributed by atoms with E-state index in [-0.39, 0.29) is 18.1 Å². The van der Waals surface area contributed by atoms with E-state index in [1.54, 1.807) is 14.2 Å². The Balaban J connectivity index is 1.68. The molecular weight excluding hydrogens is 344 g/mol. The molecule has 142 valence electrons. The number of benzene rings is 2. The summed E-state index contributed by atoms with van der Waals surface area (Å²) in [4.78, 5) is 12.4. The molecule has 0 aliphatic rings. The number of urea groups is 1. The van der Waals surface area contributed by atoms with Crippen LogP contribution in [0.15, 0.2) is 52.9 Å². The zero-order valence-electron chi connectivity index (χ0n) is 15.9. The molecular formula is C21H24N2O4. The number of hydrogen-bond donors (Lipinski definition) is 2. The van der Waals surface area contributed by atoms with E-state index >= 15 is 0 Å². The molecule has 3 rings (SSSR count). The highest BCUT2D eigenvalue weighted by Crippen LogP contribution is 2.29. The average molecular weight is 368 g/mol. The van der Waals surface area contributed by atoms with Gasteiger partial charge in [0.1, 0.15) is 22.8 Å². The van der Waals surface area contributed by atoms with Crippen molar-refractivity contribution in [2.75, 3.05) is 14.2 Å². The number of methoxy groups -OCH3 is 2. The van der Waals surface area contributed by atoms with Crippen LogP contribution in [0.25, 0.3) is 11.0 Å². The summed E-state index contributed by atoms with van der Waals surface area (Å²) < 4.78 is 16.5. The summed E-state index contributed by atoms with van der Waals surface area (Å²) in [6, 6.07) is 14.4. The molecule has 0 fully saturated rings. The number of fused-ring (bicyclic) bond motifs is 1. The molecule has 0 radical (unpaired) electrons. The monoisotopic (exact) mass is 368 g/mol. The van der Waals surface area contributed by atoms with Gasteiger partial charge in [-0.2, -0.15) is 0 Å². The number of hydrogen-bond acceptors (Lipinski definition) is 4. The minimum Gasteiger partial charge on any atom is -0.497 e. The molecule has 2 aromatic carbocycles. The van der Waals surface area contributed by atoms with Gasteiger partial charge in [-0.3, -0.25) is 0 Å². The van der Waals surface area contributed by atoms with Crippen LogP contribution in [0, 0.1) is 0 Å². The van der Waals surface area contributed by atoms with Crippen molar-refractivity contribution in [3.8, 4) is 11.5 Å². The van der Waals surface area contributed by atoms with Crippen LogP contribution in [-0.4, -0.2) is 20.3 Å². The van der Waals surface area contributed by atoms with E-state index < -0.39 is 0 Å². The molecule has 3 aromatic rings. The second-order valence-corrected chi connectivity index (χ2v) is 6.36. The van der Waals surface area contributed by atoms with E-state index in [4.69, 9.17) is 13.9 Å². The maximum atomic E-state index is 12.4. The molecule has 27 heavy (non-hydrogen) atoms. The first-order valence-corrected chi connectivity index (χ1v) is 8.79. The molecule has 2 atom stereocenters. The third-order valence-corrected chi connectivity index (χ3v) is 4.47. The highest BCUT2D eigenvalue weighted by atomic mass is 16.5. The zero-order chi connectivity index (χ0) is 19.4. The molecule has 2 N–H and O–H groups in total. The van der Waals surface area contributed by atoms with Gasteiger partial charge in [0.2, 0.25) is 0 Å². The van der Waals surface area contributed by atoms with Crippen LogP contribution in [0.1, 0.15) is 37.3 Å². The molecule has 6 heteroatoms. The van der Waals surface area contributed by atoms with Crippen LogP contribution in [0.4, 0.5) is 4.79 Å². The van der Waals surface area contributed by atoms with Crippen molar-refractivity contribution in [3.63, 3.8) is 0 Å². The Hall–Kier alpha value is -3.15. The van der Waals surface area contributed by atoms with Gasteiger partial charge in [-0.1, -0.05) is 18.2 Å². The van der Waals surface area contributed by atoms with Crippen LogP contribution in [0.3, 0.4) is 0 Å². The minimum absolute atomic E-state index is 0.266. The minimum atomic E-state index is -0.291. The largest absolute Gasteiger partial charge is 0.497 e. The maximum absolute atomic E-state index is 12.4. The highest BCUT2D eigenvalue weighted by Gasteiger charge is 2.18. The molecule has 1 aromatic heterocycles. The fraction of sp³-hybridized carbons (Fsp3) is 0.286. The molecule has 0 unspecified atom stereocenters. The molecule has 0 aliphatic carbocycles. The summed E-state index contributed by atoms with van der Waals surface area (Å²) in [5, 5.41) is 6.85. The average Bonchev–Trinajstić information content (AvgIpc) is 3.11. The fourth-order valence-electron chi connectivity index (χ4n) is 2.98. The number of carbonyl (C=O) groups excluding carboxylic acids is 1. The Morgan fingerprint density at radius 2 is 1.70 bits per heavy atom. The van der Waals surface area contributed by atoms with E-state index in [1.807, 2.05) is 62.4 Å². The van der Waals surface area contributed by atoms with Gasteiger partial charge < -0.3 is 24.5 Å². The molecule has 2 amide bonds. The van der Waals surface area contributed by atoms with Crippen LogP contribution < -0.4 is 20.1 Å². The molecule has 1 heterocycles. The van der Waals surface area contributed by atoms with Crippen molar-refractivity contribution in [1.82, 2.24) is 10.6 Å². The van der Waals surface area contributed by atoms with E-state index in [9.17, 15) is 4.79 Å². The second-order valence-electron chi connectivity index (χ2n) is 6.36. The Morgan fingerprint density at radius 1 is 0.963 bits per heavy atom. The van der Waals surface area contributed by atoms with Crippen LogP contribution in [0.5, 0.6) is 11.5 Å². The van der Waals surface area contributed by atoms with E-state index in [0.717, 1.165) is 16.5 Å². The number of furan rings is 1. The SMILES string of the molecule is COc1ccc(OC)c([C@H](C)NC(=O)N[C@@H](C)c2cc3ccccc3o2)c1. The van der Waals surface area contributed by atoms with Crippen molar-refractivity contribution in [2.45, 2.75) is 25.9 Å². The van der Waals surface area contributed by atoms with Gasteiger partial charge in [-0.15, -0.1) is 0 Å². The molecule has 0 bridgehead atoms. The van der Waals surface area contributed by atoms with Gasteiger partial charge in [0.05, 0.1) is 26.3 Å². The lowest BCUT2D eigenvalue weighted by atomic mass is 10.1. The van der Waals surface area contributed by atoms with E-state index in [0.29, 0.717) is 17.3 Å². The van der Waals surface area contributed by atoms with Crippen molar-refractivity contribution in [2.24, 2.45) is 0 Å². The summed E-state index contributed by atoms with van der Waals surface area (Å²) >= 11 is 0. The Morgan fingerprint density at radius 3 is 2.41 bits per heavy atom. The lowest BCUT2D eigenvalue weighted by Crippen LogP contribution is -2.38. The molecule has 0 aliphatic heterocycles. The van der Waals surface area contributed by atoms with E-state index in [1.165, 1.54) is 0 Å². The van der Waals surface area contributed by atoms with Crippen molar-refractivity contribution in [3.05, 3.63) is 59.9 Å². The summed E-state index contributed by atoms with van der Waals surface area (Å²) in [5.74, 6) is 2.10. The summed E-state index contributed by atoms with van der Waals surface area (Å²) in [5.41, 5.74) is 1.64. The first-order valence-electron chi connectivity index (χ1n) is 8.79. The van der Waals surface area contributed by atoms with Crippen molar-refractivity contribution < 1.29 is 18.7 Å². The number of nitrogens with one attached hydrogen (secondary N) is 2. The first-order chi connectivity index (χ1) is 13.0. The number of carbonyl (C=O) groups is 1. The second kappa shape index (κ2) is 8.03. The Labute approximate surface area is 158 Å². The third-order valence-electron chi connectivity index (χ3n) is 4.47. The number of amides is 2. The maximum Gasteiger partial charge on any atom is 0.315 e. The van der Waals surface area contributed by atoms with Crippen LogP contribution in [-0.2, 0) is 0 Å². The molecule has 0 spiro atoms. The predicted octanol–water partition coefficient (Wildman–Crippen LogP) is 4.57. The van der Waals surface area contributed by atoms with Gasteiger partial charge in [0.25, 0.3) is 0 Å². The molecule has 6 nitrogen and oxygen atoms in total. The Kier molecular flexibility index (Phi) is 5.54. The van der Waals surface area contributed by atoms with Gasteiger partial charge in [-0.25, -0.2) is 4.79 Å². The summed E-state index contributed by atoms with van der Waals surface area (Å²) in [7, 11) is 3.20. The smallest absolute Gasteiger partial charge is 0.315 e. The number of ether oxygens (including phenoxy) is 2. The van der Waals surface area contributed by atoms with Crippen molar-refractivity contribution in [1.29, 1.82) is 0 Å². The van der Waals surface area contributed by atoms with Crippen LogP contribution in [0.2, 0.25) is 0 Å². The third kappa shape index (κ3) is 4.16. The topological polar surface area (TPSA) is 72.7 Å². The van der Waals surface area contributed by atoms with Crippen molar-refractivity contribution >= 4 is 17.0 Å². The first kappa shape index (κ1) is 18.6. The highest BCUT2D eigenvalue weighted by molar-refractivity contribution is 5.78. The van der Waals surface area contributed by atoms with Gasteiger partial charge in [0, 0.05) is 10.9 Å². The molecule has 0 saturated carbocycles. The summed E-state index contributed by atoms with van der Waals surface area (Å²) in [6.45, 7) is 3.77. The predicted molar refractivity (Wildman–Crippen MR) is 104 cm³/mol. The molecule has 0 saturated heterocycles. The standard InChI is InChI=1S/C21H24N2O4/c1-13(17-12-16(25-3)9-10-19(17)26-4)22-21(24)23-14(2)20-11-15-7-5-6-8-18(15)27-20/h5-14H,1-4H3,(H2,22,23,24)/t13-,14-/m0/s1. The number of para-hydroxylation sites is 1. The Bertz CT molecular complexity index is 902.